The third-order valence-electron chi connectivity index (χ3n) is 6.23. The Labute approximate surface area is 246 Å². The number of hydrogen-bond donors (Lipinski definition) is 0. The highest BCUT2D eigenvalue weighted by molar-refractivity contribution is 6.05. The third-order valence-corrected chi connectivity index (χ3v) is 6.23. The summed E-state index contributed by atoms with van der Waals surface area (Å²) in [4.78, 5) is 30.9. The van der Waals surface area contributed by atoms with Crippen LogP contribution in [0.2, 0.25) is 0 Å². The molecule has 1 aromatic carbocycles. The molecule has 0 amide bonds. The van der Waals surface area contributed by atoms with E-state index in [0.29, 0.717) is 21.8 Å². The van der Waals surface area contributed by atoms with Crippen LogP contribution in [0.3, 0.4) is 0 Å². The second-order valence-corrected chi connectivity index (χ2v) is 8.48. The maximum Gasteiger partial charge on any atom is 0.326 e. The average molecular weight is 562 g/mol. The number of hydrogen-bond acceptors (Lipinski definition) is 12. The van der Waals surface area contributed by atoms with Gasteiger partial charge in [-0.2, -0.15) is 41.5 Å². The summed E-state index contributed by atoms with van der Waals surface area (Å²) in [5.41, 5.74) is -0.287. The molecule has 0 fully saturated rings. The van der Waals surface area contributed by atoms with Gasteiger partial charge >= 0.3 is 11.6 Å². The number of rotatable bonds is 2. The van der Waals surface area contributed by atoms with Crippen molar-refractivity contribution >= 4 is 44.6 Å². The van der Waals surface area contributed by atoms with Crippen molar-refractivity contribution in [1.82, 2.24) is 29.9 Å². The van der Waals surface area contributed by atoms with Gasteiger partial charge in [-0.15, -0.1) is 0 Å². The number of nitrogens with zero attached hydrogens (tertiary/aromatic N) is 14. The quantitative estimate of drug-likeness (QED) is 0.223. The fraction of sp³-hybridized carbons (Fsp3) is 0. The predicted octanol–water partition coefficient (Wildman–Crippen LogP) is 2.40. The zero-order valence-corrected chi connectivity index (χ0v) is 21.7. The lowest BCUT2D eigenvalue weighted by atomic mass is 10.00. The maximum atomic E-state index is 10.1. The van der Waals surface area contributed by atoms with Crippen LogP contribution in [0.5, 0.6) is 0 Å². The fourth-order valence-corrected chi connectivity index (χ4v) is 4.39. The Balaban J connectivity index is 1.91. The van der Waals surface area contributed by atoms with Crippen molar-refractivity contribution in [2.45, 2.75) is 0 Å². The zero-order valence-electron chi connectivity index (χ0n) is 21.7. The highest BCUT2D eigenvalue weighted by atomic mass is 15.0. The van der Waals surface area contributed by atoms with Crippen molar-refractivity contribution in [2.24, 2.45) is 0 Å². The molecule has 0 saturated heterocycles. The first-order valence-corrected chi connectivity index (χ1v) is 11.9. The Morgan fingerprint density at radius 3 is 1.32 bits per heavy atom. The Bertz CT molecular complexity index is 2350. The third kappa shape index (κ3) is 4.43. The summed E-state index contributed by atoms with van der Waals surface area (Å²) >= 11 is 0. The molecule has 0 spiro atoms. The number of benzene rings is 1. The first kappa shape index (κ1) is 27.4. The SMILES string of the molecule is [C-]#[N+]c1nc(C#N)nc(C#N)c1/C(C#N)=c1\cnc2ccc3nc/c(=C(/C#N)c4c(C#N)nc(C#N)nc4[N+]#[C-])cc3c2c1. The van der Waals surface area contributed by atoms with Gasteiger partial charge in [0.25, 0.3) is 11.6 Å². The molecule has 0 atom stereocenters. The van der Waals surface area contributed by atoms with Gasteiger partial charge in [-0.05, 0) is 24.3 Å². The lowest BCUT2D eigenvalue weighted by Crippen LogP contribution is -2.12. The second kappa shape index (κ2) is 11.2. The average Bonchev–Trinajstić information content (AvgIpc) is 3.08. The van der Waals surface area contributed by atoms with Gasteiger partial charge in [-0.1, -0.05) is 23.1 Å². The summed E-state index contributed by atoms with van der Waals surface area (Å²) in [6.45, 7) is 15.0. The highest BCUT2D eigenvalue weighted by Crippen LogP contribution is 2.28. The van der Waals surface area contributed by atoms with Crippen LogP contribution in [-0.2, 0) is 0 Å². The van der Waals surface area contributed by atoms with Crippen LogP contribution in [0.1, 0.15) is 34.2 Å². The molecule has 0 N–H and O–H groups in total. The molecule has 0 unspecified atom stereocenters. The van der Waals surface area contributed by atoms with Gasteiger partial charge < -0.3 is 9.69 Å². The summed E-state index contributed by atoms with van der Waals surface area (Å²) in [7, 11) is 0. The molecule has 14 heteroatoms. The van der Waals surface area contributed by atoms with E-state index in [-0.39, 0.29) is 55.7 Å². The lowest BCUT2D eigenvalue weighted by molar-refractivity contribution is 1.09. The molecule has 0 aliphatic carbocycles. The Hall–Kier alpha value is -8.14. The highest BCUT2D eigenvalue weighted by Gasteiger charge is 2.22. The van der Waals surface area contributed by atoms with Crippen LogP contribution in [0, 0.1) is 81.1 Å². The van der Waals surface area contributed by atoms with Crippen LogP contribution < -0.4 is 10.4 Å². The number of pyridine rings is 2. The maximum absolute atomic E-state index is 10.1. The molecular formula is C30H6N14. The first-order valence-electron chi connectivity index (χ1n) is 11.9. The summed E-state index contributed by atoms with van der Waals surface area (Å²) in [6.07, 6.45) is 2.75. The minimum atomic E-state index is -0.395. The van der Waals surface area contributed by atoms with E-state index in [2.05, 4.69) is 39.6 Å². The molecule has 5 aromatic rings. The van der Waals surface area contributed by atoms with E-state index in [4.69, 9.17) is 13.1 Å². The number of aromatic nitrogens is 6. The van der Waals surface area contributed by atoms with E-state index in [9.17, 15) is 31.6 Å². The molecule has 0 bridgehead atoms. The van der Waals surface area contributed by atoms with E-state index in [0.717, 1.165) is 0 Å². The molecule has 14 nitrogen and oxygen atoms in total. The zero-order chi connectivity index (χ0) is 31.4. The van der Waals surface area contributed by atoms with Crippen LogP contribution >= 0.6 is 0 Å². The van der Waals surface area contributed by atoms with Crippen molar-refractivity contribution in [3.8, 4) is 36.4 Å². The molecule has 0 radical (unpaired) electrons. The van der Waals surface area contributed by atoms with Crippen LogP contribution in [-0.4, -0.2) is 29.9 Å². The van der Waals surface area contributed by atoms with Crippen molar-refractivity contribution in [1.29, 1.82) is 31.6 Å². The van der Waals surface area contributed by atoms with Crippen LogP contribution in [0.15, 0.2) is 36.7 Å². The minimum Gasteiger partial charge on any atom is -0.360 e. The van der Waals surface area contributed by atoms with Gasteiger partial charge in [0.2, 0.25) is 0 Å². The lowest BCUT2D eigenvalue weighted by Gasteiger charge is -2.07. The molecule has 0 aliphatic heterocycles. The van der Waals surface area contributed by atoms with E-state index in [1.165, 1.54) is 12.4 Å². The van der Waals surface area contributed by atoms with Crippen LogP contribution in [0.25, 0.3) is 42.6 Å². The monoisotopic (exact) mass is 562 g/mol. The molecule has 5 rings (SSSR count). The van der Waals surface area contributed by atoms with Crippen molar-refractivity contribution in [2.75, 3.05) is 0 Å². The van der Waals surface area contributed by atoms with Gasteiger partial charge in [0.15, 0.2) is 12.1 Å². The molecule has 196 valence electrons. The van der Waals surface area contributed by atoms with Crippen molar-refractivity contribution in [3.63, 3.8) is 0 Å². The second-order valence-electron chi connectivity index (χ2n) is 8.48. The van der Waals surface area contributed by atoms with Gasteiger partial charge in [0.1, 0.15) is 23.5 Å². The summed E-state index contributed by atoms with van der Waals surface area (Å²) in [5, 5.41) is 59.3. The predicted molar refractivity (Wildman–Crippen MR) is 148 cm³/mol. The van der Waals surface area contributed by atoms with Crippen molar-refractivity contribution < 1.29 is 0 Å². The van der Waals surface area contributed by atoms with E-state index < -0.39 is 11.6 Å². The molecule has 0 aliphatic rings. The Kier molecular flexibility index (Phi) is 6.95. The summed E-state index contributed by atoms with van der Waals surface area (Å²) in [6, 6.07) is 17.5. The van der Waals surface area contributed by atoms with E-state index in [1.54, 1.807) is 36.4 Å². The van der Waals surface area contributed by atoms with Gasteiger partial charge in [0, 0.05) is 33.6 Å². The van der Waals surface area contributed by atoms with E-state index in [1.807, 2.05) is 24.3 Å². The summed E-state index contributed by atoms with van der Waals surface area (Å²) in [5.74, 6) is -1.50. The summed E-state index contributed by atoms with van der Waals surface area (Å²) < 4.78 is 0. The van der Waals surface area contributed by atoms with E-state index >= 15 is 0 Å². The normalized spacial score (nSPS) is 11.3. The Morgan fingerprint density at radius 1 is 0.591 bits per heavy atom. The Morgan fingerprint density at radius 2 is 1.00 bits per heavy atom. The molecule has 44 heavy (non-hydrogen) atoms. The number of fused-ring (bicyclic) bond motifs is 3. The molecular weight excluding hydrogens is 556 g/mol. The number of nitriles is 6. The van der Waals surface area contributed by atoms with Crippen LogP contribution in [0.4, 0.5) is 11.6 Å². The largest absolute Gasteiger partial charge is 0.360 e. The van der Waals surface area contributed by atoms with Gasteiger partial charge in [-0.3, -0.25) is 9.97 Å². The van der Waals surface area contributed by atoms with Gasteiger partial charge in [0.05, 0.1) is 45.4 Å². The fourth-order valence-electron chi connectivity index (χ4n) is 4.39. The van der Waals surface area contributed by atoms with Gasteiger partial charge in [-0.25, -0.2) is 0 Å². The topological polar surface area (TPSA) is 229 Å². The molecule has 4 heterocycles. The minimum absolute atomic E-state index is 0.132. The standard InChI is InChI=1S/C30H6N14/c1-37-29-27(23(9-33)41-25(11-35)43-29)19(7-31)15-5-17-18-6-16(14-40-22(18)4-3-21(17)39-13-15)20(8-32)28-24(10-34)42-26(12-36)44-30(28)38-2/h3-6,13-14H/b19-15-,20-16-. The molecule has 4 aromatic heterocycles. The molecule has 0 saturated carbocycles. The smallest absolute Gasteiger partial charge is 0.326 e. The first-order chi connectivity index (χ1) is 21.4. The van der Waals surface area contributed by atoms with Crippen molar-refractivity contribution in [3.05, 3.63) is 104 Å².